The van der Waals surface area contributed by atoms with Crippen molar-refractivity contribution in [1.29, 1.82) is 0 Å². The predicted octanol–water partition coefficient (Wildman–Crippen LogP) is 2.10. The number of nitrogens with zero attached hydrogens (tertiary/aromatic N) is 2. The van der Waals surface area contributed by atoms with Crippen LogP contribution in [0.1, 0.15) is 23.9 Å². The van der Waals surface area contributed by atoms with Crippen LogP contribution in [0, 0.1) is 0 Å². The minimum absolute atomic E-state index is 0.100. The number of aryl methyl sites for hydroxylation is 2. The van der Waals surface area contributed by atoms with Crippen LogP contribution in [0.3, 0.4) is 0 Å². The van der Waals surface area contributed by atoms with Gasteiger partial charge in [0.25, 0.3) is 0 Å². The molecule has 0 saturated heterocycles. The van der Waals surface area contributed by atoms with Crippen LogP contribution in [0.4, 0.5) is 0 Å². The van der Waals surface area contributed by atoms with E-state index in [9.17, 15) is 0 Å². The molecule has 1 heterocycles. The lowest BCUT2D eigenvalue weighted by molar-refractivity contribution is 0.414. The Balaban J connectivity index is 1.97. The van der Waals surface area contributed by atoms with E-state index >= 15 is 0 Å². The fourth-order valence-corrected chi connectivity index (χ4v) is 2.34. The number of nitrogens with two attached hydrogens (primary N) is 1. The van der Waals surface area contributed by atoms with Crippen molar-refractivity contribution < 1.29 is 4.74 Å². The summed E-state index contributed by atoms with van der Waals surface area (Å²) in [5.41, 5.74) is 9.81. The lowest BCUT2D eigenvalue weighted by Gasteiger charge is -2.12. The summed E-state index contributed by atoms with van der Waals surface area (Å²) in [6.07, 6.45) is 2.66. The standard InChI is InChI=1S/C16H23N3O/c1-4-14-11-15(19(2)18-14)10-13(17)9-12-5-7-16(20-3)8-6-12/h5-8,11,13H,4,9-10,17H2,1-3H3. The minimum Gasteiger partial charge on any atom is -0.497 e. The van der Waals surface area contributed by atoms with Gasteiger partial charge in [-0.15, -0.1) is 0 Å². The number of benzene rings is 1. The Labute approximate surface area is 120 Å². The Morgan fingerprint density at radius 3 is 2.50 bits per heavy atom. The average Bonchev–Trinajstić information content (AvgIpc) is 2.80. The van der Waals surface area contributed by atoms with Crippen LogP contribution in [0.2, 0.25) is 0 Å². The first-order chi connectivity index (χ1) is 9.62. The minimum atomic E-state index is 0.100. The van der Waals surface area contributed by atoms with Gasteiger partial charge < -0.3 is 10.5 Å². The number of hydrogen-bond donors (Lipinski definition) is 1. The SMILES string of the molecule is CCc1cc(CC(N)Cc2ccc(OC)cc2)n(C)n1. The quantitative estimate of drug-likeness (QED) is 0.877. The van der Waals surface area contributed by atoms with Gasteiger partial charge in [0.05, 0.1) is 12.8 Å². The van der Waals surface area contributed by atoms with Gasteiger partial charge in [0.2, 0.25) is 0 Å². The normalized spacial score (nSPS) is 12.4. The third-order valence-electron chi connectivity index (χ3n) is 3.52. The second kappa shape index (κ2) is 6.57. The van der Waals surface area contributed by atoms with Crippen molar-refractivity contribution in [3.63, 3.8) is 0 Å². The summed E-state index contributed by atoms with van der Waals surface area (Å²) >= 11 is 0. The van der Waals surface area contributed by atoms with E-state index in [4.69, 9.17) is 10.5 Å². The van der Waals surface area contributed by atoms with E-state index in [-0.39, 0.29) is 6.04 Å². The second-order valence-electron chi connectivity index (χ2n) is 5.12. The number of aromatic nitrogens is 2. The Hall–Kier alpha value is -1.81. The maximum absolute atomic E-state index is 6.26. The molecule has 0 bridgehead atoms. The molecule has 1 aromatic carbocycles. The molecule has 1 atom stereocenters. The Bertz CT molecular complexity index is 545. The fourth-order valence-electron chi connectivity index (χ4n) is 2.34. The zero-order valence-corrected chi connectivity index (χ0v) is 12.5. The van der Waals surface area contributed by atoms with Crippen LogP contribution in [0.25, 0.3) is 0 Å². The number of methoxy groups -OCH3 is 1. The molecule has 20 heavy (non-hydrogen) atoms. The van der Waals surface area contributed by atoms with Crippen molar-refractivity contribution >= 4 is 0 Å². The van der Waals surface area contributed by atoms with Crippen molar-refractivity contribution in [2.24, 2.45) is 12.8 Å². The molecular weight excluding hydrogens is 250 g/mol. The Morgan fingerprint density at radius 1 is 1.25 bits per heavy atom. The monoisotopic (exact) mass is 273 g/mol. The van der Waals surface area contributed by atoms with E-state index in [0.717, 1.165) is 30.7 Å². The van der Waals surface area contributed by atoms with Crippen molar-refractivity contribution in [3.05, 3.63) is 47.3 Å². The van der Waals surface area contributed by atoms with Gasteiger partial charge in [0, 0.05) is 25.2 Å². The van der Waals surface area contributed by atoms with E-state index in [1.165, 1.54) is 11.3 Å². The molecule has 0 amide bonds. The highest BCUT2D eigenvalue weighted by molar-refractivity contribution is 5.27. The average molecular weight is 273 g/mol. The molecule has 0 aliphatic carbocycles. The summed E-state index contributed by atoms with van der Waals surface area (Å²) in [5, 5.41) is 4.46. The molecular formula is C16H23N3O. The molecule has 4 heteroatoms. The highest BCUT2D eigenvalue weighted by atomic mass is 16.5. The summed E-state index contributed by atoms with van der Waals surface area (Å²) in [7, 11) is 3.66. The van der Waals surface area contributed by atoms with E-state index < -0.39 is 0 Å². The summed E-state index contributed by atoms with van der Waals surface area (Å²) in [4.78, 5) is 0. The first-order valence-corrected chi connectivity index (χ1v) is 7.02. The number of ether oxygens (including phenoxy) is 1. The summed E-state index contributed by atoms with van der Waals surface area (Å²) < 4.78 is 7.10. The Kier molecular flexibility index (Phi) is 4.79. The molecule has 0 aliphatic rings. The molecule has 2 rings (SSSR count). The molecule has 108 valence electrons. The number of hydrogen-bond acceptors (Lipinski definition) is 3. The summed E-state index contributed by atoms with van der Waals surface area (Å²) in [6, 6.07) is 10.3. The Morgan fingerprint density at radius 2 is 1.95 bits per heavy atom. The van der Waals surface area contributed by atoms with E-state index in [2.05, 4.69) is 30.2 Å². The topological polar surface area (TPSA) is 53.1 Å². The first kappa shape index (κ1) is 14.6. The first-order valence-electron chi connectivity index (χ1n) is 7.02. The zero-order chi connectivity index (χ0) is 14.5. The van der Waals surface area contributed by atoms with Gasteiger partial charge in [0.1, 0.15) is 5.75 Å². The van der Waals surface area contributed by atoms with Crippen LogP contribution in [-0.2, 0) is 26.3 Å². The van der Waals surface area contributed by atoms with Gasteiger partial charge in [-0.1, -0.05) is 19.1 Å². The van der Waals surface area contributed by atoms with Crippen LogP contribution in [-0.4, -0.2) is 22.9 Å². The van der Waals surface area contributed by atoms with Gasteiger partial charge in [-0.05, 0) is 36.6 Å². The summed E-state index contributed by atoms with van der Waals surface area (Å²) in [5.74, 6) is 0.876. The predicted molar refractivity (Wildman–Crippen MR) is 81.0 cm³/mol. The van der Waals surface area contributed by atoms with Crippen molar-refractivity contribution in [3.8, 4) is 5.75 Å². The van der Waals surface area contributed by atoms with Crippen LogP contribution >= 0.6 is 0 Å². The zero-order valence-electron chi connectivity index (χ0n) is 12.5. The second-order valence-corrected chi connectivity index (χ2v) is 5.12. The lowest BCUT2D eigenvalue weighted by Crippen LogP contribution is -2.26. The van der Waals surface area contributed by atoms with E-state index in [1.807, 2.05) is 23.9 Å². The lowest BCUT2D eigenvalue weighted by atomic mass is 10.0. The molecule has 0 spiro atoms. The van der Waals surface area contributed by atoms with E-state index in [0.29, 0.717) is 0 Å². The van der Waals surface area contributed by atoms with Crippen molar-refractivity contribution in [2.75, 3.05) is 7.11 Å². The van der Waals surface area contributed by atoms with Crippen molar-refractivity contribution in [1.82, 2.24) is 9.78 Å². The molecule has 0 fully saturated rings. The maximum Gasteiger partial charge on any atom is 0.118 e. The van der Waals surface area contributed by atoms with E-state index in [1.54, 1.807) is 7.11 Å². The van der Waals surface area contributed by atoms with Crippen molar-refractivity contribution in [2.45, 2.75) is 32.2 Å². The number of rotatable bonds is 6. The maximum atomic E-state index is 6.26. The van der Waals surface area contributed by atoms with Gasteiger partial charge in [-0.3, -0.25) is 4.68 Å². The smallest absolute Gasteiger partial charge is 0.118 e. The van der Waals surface area contributed by atoms with Crippen LogP contribution in [0.5, 0.6) is 5.75 Å². The third-order valence-corrected chi connectivity index (χ3v) is 3.52. The van der Waals surface area contributed by atoms with Gasteiger partial charge >= 0.3 is 0 Å². The van der Waals surface area contributed by atoms with Gasteiger partial charge in [0.15, 0.2) is 0 Å². The highest BCUT2D eigenvalue weighted by Gasteiger charge is 2.10. The van der Waals surface area contributed by atoms with Crippen LogP contribution < -0.4 is 10.5 Å². The largest absolute Gasteiger partial charge is 0.497 e. The molecule has 4 nitrogen and oxygen atoms in total. The van der Waals surface area contributed by atoms with Crippen LogP contribution in [0.15, 0.2) is 30.3 Å². The molecule has 1 aromatic heterocycles. The van der Waals surface area contributed by atoms with Gasteiger partial charge in [-0.2, -0.15) is 5.10 Å². The fraction of sp³-hybridized carbons (Fsp3) is 0.438. The molecule has 0 radical (unpaired) electrons. The molecule has 2 N–H and O–H groups in total. The molecule has 2 aromatic rings. The molecule has 0 saturated carbocycles. The molecule has 0 aliphatic heterocycles. The summed E-state index contributed by atoms with van der Waals surface area (Å²) in [6.45, 7) is 2.11. The highest BCUT2D eigenvalue weighted by Crippen LogP contribution is 2.14. The molecule has 1 unspecified atom stereocenters. The third kappa shape index (κ3) is 3.61. The van der Waals surface area contributed by atoms with Gasteiger partial charge in [-0.25, -0.2) is 0 Å².